The number of nitrogens with zero attached hydrogens (tertiary/aromatic N) is 2. The normalized spacial score (nSPS) is 19.5. The van der Waals surface area contributed by atoms with Crippen molar-refractivity contribution < 1.29 is 9.90 Å². The van der Waals surface area contributed by atoms with Crippen molar-refractivity contribution >= 4 is 23.7 Å². The van der Waals surface area contributed by atoms with Crippen molar-refractivity contribution in [2.24, 2.45) is 0 Å². The molecule has 0 bridgehead atoms. The van der Waals surface area contributed by atoms with E-state index in [1.807, 2.05) is 53.1 Å². The van der Waals surface area contributed by atoms with Crippen LogP contribution in [0.4, 0.5) is 0 Å². The first kappa shape index (κ1) is 21.2. The number of aryl methyl sites for hydroxylation is 1. The van der Waals surface area contributed by atoms with Crippen LogP contribution in [0.25, 0.3) is 6.08 Å². The highest BCUT2D eigenvalue weighted by atomic mass is 32.2. The fraction of sp³-hybridized carbons (Fsp3) is 0.400. The van der Waals surface area contributed by atoms with Gasteiger partial charge in [0, 0.05) is 43.2 Å². The van der Waals surface area contributed by atoms with Crippen LogP contribution in [0.5, 0.6) is 0 Å². The summed E-state index contributed by atoms with van der Waals surface area (Å²) in [6.45, 7) is 5.03. The Bertz CT molecular complexity index is 891. The summed E-state index contributed by atoms with van der Waals surface area (Å²) in [5.74, 6) is 1.24. The van der Waals surface area contributed by atoms with E-state index in [0.717, 1.165) is 30.6 Å². The molecular weight excluding hydrogens is 392 g/mol. The number of hydrogen-bond acceptors (Lipinski definition) is 4. The molecule has 4 nitrogen and oxygen atoms in total. The number of fused-ring (bicyclic) bond motifs is 1. The fourth-order valence-electron chi connectivity index (χ4n) is 4.23. The van der Waals surface area contributed by atoms with E-state index in [4.69, 9.17) is 0 Å². The van der Waals surface area contributed by atoms with Crippen LogP contribution in [0.2, 0.25) is 0 Å². The van der Waals surface area contributed by atoms with E-state index >= 15 is 0 Å². The zero-order valence-electron chi connectivity index (χ0n) is 17.5. The van der Waals surface area contributed by atoms with Gasteiger partial charge >= 0.3 is 0 Å². The molecule has 1 saturated heterocycles. The van der Waals surface area contributed by atoms with Gasteiger partial charge in [-0.05, 0) is 54.4 Å². The van der Waals surface area contributed by atoms with E-state index in [9.17, 15) is 9.90 Å². The Morgan fingerprint density at radius 3 is 2.63 bits per heavy atom. The third-order valence-corrected chi connectivity index (χ3v) is 7.35. The number of benzene rings is 2. The lowest BCUT2D eigenvalue weighted by Gasteiger charge is -2.39. The average Bonchev–Trinajstić information content (AvgIpc) is 2.82. The summed E-state index contributed by atoms with van der Waals surface area (Å²) in [6, 6.07) is 16.3. The van der Waals surface area contributed by atoms with Crippen molar-refractivity contribution in [3.05, 3.63) is 71.3 Å². The topological polar surface area (TPSA) is 43.8 Å². The lowest BCUT2D eigenvalue weighted by molar-refractivity contribution is -0.128. The van der Waals surface area contributed by atoms with Crippen LogP contribution in [-0.2, 0) is 11.2 Å². The minimum Gasteiger partial charge on any atom is -0.387 e. The van der Waals surface area contributed by atoms with E-state index in [1.165, 1.54) is 22.6 Å². The third kappa shape index (κ3) is 4.97. The molecule has 2 aromatic rings. The van der Waals surface area contributed by atoms with E-state index in [-0.39, 0.29) is 11.9 Å². The van der Waals surface area contributed by atoms with Crippen molar-refractivity contribution in [3.8, 4) is 0 Å². The molecule has 1 amide bonds. The molecule has 0 saturated carbocycles. The molecule has 5 heteroatoms. The second-order valence-corrected chi connectivity index (χ2v) is 9.25. The van der Waals surface area contributed by atoms with Gasteiger partial charge in [-0.25, -0.2) is 0 Å². The van der Waals surface area contributed by atoms with E-state index in [1.54, 1.807) is 6.08 Å². The van der Waals surface area contributed by atoms with Gasteiger partial charge in [0.05, 0.1) is 6.10 Å². The molecule has 0 radical (unpaired) electrons. The average molecular weight is 423 g/mol. The van der Waals surface area contributed by atoms with E-state index < -0.39 is 6.10 Å². The van der Waals surface area contributed by atoms with Gasteiger partial charge in [-0.3, -0.25) is 9.69 Å². The van der Waals surface area contributed by atoms with Crippen LogP contribution in [0.15, 0.2) is 59.5 Å². The van der Waals surface area contributed by atoms with Crippen LogP contribution in [0, 0.1) is 0 Å². The monoisotopic (exact) mass is 422 g/mol. The number of piperazine rings is 1. The number of aliphatic hydroxyl groups excluding tert-OH is 1. The predicted octanol–water partition coefficient (Wildman–Crippen LogP) is 4.00. The van der Waals surface area contributed by atoms with Crippen molar-refractivity contribution in [1.29, 1.82) is 0 Å². The van der Waals surface area contributed by atoms with Crippen molar-refractivity contribution in [2.75, 3.05) is 31.9 Å². The number of amides is 1. The van der Waals surface area contributed by atoms with Crippen LogP contribution >= 0.6 is 11.8 Å². The minimum atomic E-state index is -0.512. The number of carbonyl (C=O) groups is 1. The summed E-state index contributed by atoms with van der Waals surface area (Å²) in [5, 5.41) is 11.0. The Kier molecular flexibility index (Phi) is 6.93. The van der Waals surface area contributed by atoms with Crippen LogP contribution < -0.4 is 0 Å². The molecule has 2 aromatic carbocycles. The lowest BCUT2D eigenvalue weighted by atomic mass is 9.98. The first-order chi connectivity index (χ1) is 14.6. The zero-order valence-corrected chi connectivity index (χ0v) is 18.4. The van der Waals surface area contributed by atoms with Gasteiger partial charge in [0.2, 0.25) is 5.91 Å². The first-order valence-corrected chi connectivity index (χ1v) is 11.8. The Labute approximate surface area is 183 Å². The maximum Gasteiger partial charge on any atom is 0.246 e. The Morgan fingerprint density at radius 2 is 1.87 bits per heavy atom. The molecule has 0 spiro atoms. The SMILES string of the molecule is CC(C(O)c1ccc2c(c1)CCCS2)N1CCN(C(=O)C=Cc2ccccc2)CC1. The Hall–Kier alpha value is -2.08. The third-order valence-electron chi connectivity index (χ3n) is 6.15. The van der Waals surface area contributed by atoms with Crippen molar-refractivity contribution in [2.45, 2.75) is 36.8 Å². The molecule has 0 aliphatic carbocycles. The van der Waals surface area contributed by atoms with Crippen LogP contribution in [-0.4, -0.2) is 58.8 Å². The van der Waals surface area contributed by atoms with E-state index in [0.29, 0.717) is 13.1 Å². The van der Waals surface area contributed by atoms with Crippen LogP contribution in [0.1, 0.15) is 36.1 Å². The largest absolute Gasteiger partial charge is 0.387 e. The van der Waals surface area contributed by atoms with Gasteiger partial charge in [-0.15, -0.1) is 11.8 Å². The molecule has 2 aliphatic heterocycles. The Balaban J connectivity index is 1.32. The summed E-state index contributed by atoms with van der Waals surface area (Å²) < 4.78 is 0. The lowest BCUT2D eigenvalue weighted by Crippen LogP contribution is -2.52. The highest BCUT2D eigenvalue weighted by Crippen LogP contribution is 2.33. The molecule has 2 unspecified atom stereocenters. The second kappa shape index (κ2) is 9.82. The molecule has 2 heterocycles. The molecule has 2 atom stereocenters. The smallest absolute Gasteiger partial charge is 0.246 e. The highest BCUT2D eigenvalue weighted by Gasteiger charge is 2.28. The molecule has 158 valence electrons. The number of thioether (sulfide) groups is 1. The summed E-state index contributed by atoms with van der Waals surface area (Å²) in [4.78, 5) is 18.1. The van der Waals surface area contributed by atoms with Crippen molar-refractivity contribution in [3.63, 3.8) is 0 Å². The van der Waals surface area contributed by atoms with Crippen molar-refractivity contribution in [1.82, 2.24) is 9.80 Å². The maximum absolute atomic E-state index is 12.5. The predicted molar refractivity (Wildman–Crippen MR) is 124 cm³/mol. The second-order valence-electron chi connectivity index (χ2n) is 8.11. The summed E-state index contributed by atoms with van der Waals surface area (Å²) >= 11 is 1.92. The summed E-state index contributed by atoms with van der Waals surface area (Å²) in [7, 11) is 0. The highest BCUT2D eigenvalue weighted by molar-refractivity contribution is 7.99. The van der Waals surface area contributed by atoms with Gasteiger partial charge in [-0.2, -0.15) is 0 Å². The summed E-state index contributed by atoms with van der Waals surface area (Å²) in [6.07, 6.45) is 5.34. The molecule has 0 aromatic heterocycles. The Morgan fingerprint density at radius 1 is 1.10 bits per heavy atom. The molecular formula is C25H30N2O2S. The van der Waals surface area contributed by atoms with Gasteiger partial charge in [0.1, 0.15) is 0 Å². The number of rotatable bonds is 5. The quantitative estimate of drug-likeness (QED) is 0.740. The molecule has 1 N–H and O–H groups in total. The molecule has 30 heavy (non-hydrogen) atoms. The standard InChI is InChI=1S/C25H30N2O2S/c1-19(25(29)22-10-11-23-21(18-22)8-5-17-30-23)26-13-15-27(16-14-26)24(28)12-9-20-6-3-2-4-7-20/h2-4,6-7,9-12,18-19,25,29H,5,8,13-17H2,1H3. The van der Waals surface area contributed by atoms with E-state index in [2.05, 4.69) is 30.0 Å². The van der Waals surface area contributed by atoms with Gasteiger partial charge in [0.25, 0.3) is 0 Å². The van der Waals surface area contributed by atoms with Gasteiger partial charge < -0.3 is 10.0 Å². The molecule has 4 rings (SSSR count). The number of aliphatic hydroxyl groups is 1. The maximum atomic E-state index is 12.5. The zero-order chi connectivity index (χ0) is 20.9. The number of hydrogen-bond donors (Lipinski definition) is 1. The number of carbonyl (C=O) groups excluding carboxylic acids is 1. The van der Waals surface area contributed by atoms with Gasteiger partial charge in [-0.1, -0.05) is 42.5 Å². The first-order valence-electron chi connectivity index (χ1n) is 10.8. The molecule has 1 fully saturated rings. The molecule has 2 aliphatic rings. The summed E-state index contributed by atoms with van der Waals surface area (Å²) in [5.41, 5.74) is 3.41. The van der Waals surface area contributed by atoms with Crippen LogP contribution in [0.3, 0.4) is 0 Å². The van der Waals surface area contributed by atoms with Gasteiger partial charge in [0.15, 0.2) is 0 Å². The fourth-order valence-corrected chi connectivity index (χ4v) is 5.25. The minimum absolute atomic E-state index is 0.0245.